The predicted molar refractivity (Wildman–Crippen MR) is 323 cm³/mol. The van der Waals surface area contributed by atoms with Crippen LogP contribution in [0.4, 0.5) is 23.0 Å². The number of rotatable bonds is 29. The Labute approximate surface area is 482 Å². The van der Waals surface area contributed by atoms with E-state index in [9.17, 15) is 38.4 Å². The molecule has 0 spiro atoms. The fraction of sp³-hybridized carbons (Fsp3) is 0.322. The molecule has 4 aromatic heterocycles. The van der Waals surface area contributed by atoms with Crippen LogP contribution in [0.2, 0.25) is 0 Å². The Morgan fingerprint density at radius 1 is 0.434 bits per heavy atom. The van der Waals surface area contributed by atoms with Crippen LogP contribution in [-0.2, 0) is 47.4 Å². The molecule has 8 amide bonds. The Morgan fingerprint density at radius 3 is 1.27 bits per heavy atom. The van der Waals surface area contributed by atoms with E-state index >= 15 is 0 Å². The van der Waals surface area contributed by atoms with Crippen molar-refractivity contribution in [2.75, 3.05) is 74.2 Å². The van der Waals surface area contributed by atoms with Gasteiger partial charge in [-0.25, -0.2) is 4.98 Å². The smallest absolute Gasteiger partial charge is 0.344 e. The quantitative estimate of drug-likeness (QED) is 0.0248. The number of aromatic nitrogens is 6. The summed E-state index contributed by atoms with van der Waals surface area (Å²) in [5.74, 6) is -3.11. The second-order valence-electron chi connectivity index (χ2n) is 20.4. The first-order valence-electron chi connectivity index (χ1n) is 27.4. The van der Waals surface area contributed by atoms with Crippen LogP contribution in [0.5, 0.6) is 0 Å². The molecule has 83 heavy (non-hydrogen) atoms. The predicted octanol–water partition coefficient (Wildman–Crippen LogP) is 3.62. The molecule has 0 aliphatic carbocycles. The van der Waals surface area contributed by atoms with Crippen LogP contribution in [0.1, 0.15) is 87.2 Å². The molecule has 0 bridgehead atoms. The molecule has 4 heterocycles. The van der Waals surface area contributed by atoms with E-state index < -0.39 is 42.7 Å². The average Bonchev–Trinajstić information content (AvgIpc) is 3.59. The van der Waals surface area contributed by atoms with Crippen molar-refractivity contribution in [3.05, 3.63) is 151 Å². The Bertz CT molecular complexity index is 3290. The van der Waals surface area contributed by atoms with Gasteiger partial charge in [-0.2, -0.15) is 0 Å². The van der Waals surface area contributed by atoms with Crippen LogP contribution in [0.15, 0.2) is 128 Å². The van der Waals surface area contributed by atoms with E-state index in [-0.39, 0.29) is 85.4 Å². The molecule has 0 unspecified atom stereocenters. The van der Waals surface area contributed by atoms with Gasteiger partial charge in [0.15, 0.2) is 5.82 Å². The van der Waals surface area contributed by atoms with E-state index in [1.807, 2.05) is 37.2 Å². The summed E-state index contributed by atoms with van der Waals surface area (Å²) in [6.45, 7) is 1.60. The molecule has 438 valence electrons. The molecular weight excluding hydrogens is 1080 g/mol. The second-order valence-corrected chi connectivity index (χ2v) is 24.4. The van der Waals surface area contributed by atoms with E-state index in [4.69, 9.17) is 0 Å². The summed E-state index contributed by atoms with van der Waals surface area (Å²) in [5.41, 5.74) is 1.07. The Morgan fingerprint density at radius 2 is 0.831 bits per heavy atom. The van der Waals surface area contributed by atoms with Crippen molar-refractivity contribution in [2.45, 2.75) is 44.9 Å². The molecule has 0 saturated carbocycles. The number of hydrogen-bond acceptors (Lipinski definition) is 11. The van der Waals surface area contributed by atoms with Gasteiger partial charge >= 0.3 is 202 Å². The van der Waals surface area contributed by atoms with Crippen molar-refractivity contribution in [2.24, 2.45) is 28.2 Å². The minimum atomic E-state index is -2.40. The third kappa shape index (κ3) is 17.2. The number of hydrogen-bond donors (Lipinski definition) is 8. The summed E-state index contributed by atoms with van der Waals surface area (Å²) in [7, 11) is 7.95. The van der Waals surface area contributed by atoms with E-state index in [1.54, 1.807) is 39.0 Å². The Balaban J connectivity index is 0.799. The molecule has 7 rings (SSSR count). The molecule has 24 heteroatoms. The van der Waals surface area contributed by atoms with Crippen molar-refractivity contribution in [3.63, 3.8) is 0 Å². The van der Waals surface area contributed by atoms with Gasteiger partial charge in [-0.3, -0.25) is 28.8 Å². The SMILES string of the molecule is CN(C)CCCNC(=O)CCNC(=O)c1cc(NC(=O)c2nc(NC(=O)CCNC(=O)c3cc(NC(=O)c4nc(NC(=O)CCNC(=O)CCCC[PH](c5ccccc5)(c5ccccc5)c5ccccc5)cn4C)cn3C)cn2C)cn1C. The summed E-state index contributed by atoms with van der Waals surface area (Å²) < 4.78 is 5.93. The second kappa shape index (κ2) is 29.5. The van der Waals surface area contributed by atoms with Crippen molar-refractivity contribution >= 4 is 93.4 Å². The van der Waals surface area contributed by atoms with Gasteiger partial charge in [0.1, 0.15) is 11.4 Å². The Hall–Kier alpha value is -9.21. The maximum atomic E-state index is 13.3. The zero-order chi connectivity index (χ0) is 59.5. The van der Waals surface area contributed by atoms with Crippen molar-refractivity contribution in [1.29, 1.82) is 0 Å². The fourth-order valence-corrected chi connectivity index (χ4v) is 14.6. The molecule has 0 aliphatic rings. The van der Waals surface area contributed by atoms with Gasteiger partial charge in [-0.05, 0) is 39.2 Å². The molecule has 8 N–H and O–H groups in total. The molecule has 7 aromatic rings. The number of imidazole rings is 2. The average molecular weight is 1150 g/mol. The third-order valence-corrected chi connectivity index (χ3v) is 18.8. The van der Waals surface area contributed by atoms with Crippen LogP contribution >= 0.6 is 7.26 Å². The third-order valence-electron chi connectivity index (χ3n) is 13.7. The fourth-order valence-electron chi connectivity index (χ4n) is 9.63. The van der Waals surface area contributed by atoms with Crippen LogP contribution in [0, 0.1) is 0 Å². The molecule has 0 saturated heterocycles. The monoisotopic (exact) mass is 1150 g/mol. The molecule has 3 aromatic carbocycles. The van der Waals surface area contributed by atoms with Gasteiger partial charge in [0.2, 0.25) is 23.5 Å². The Kier molecular flexibility index (Phi) is 21.8. The van der Waals surface area contributed by atoms with Gasteiger partial charge in [0.25, 0.3) is 23.6 Å². The minimum Gasteiger partial charge on any atom is -0.344 e. The van der Waals surface area contributed by atoms with E-state index in [2.05, 4.69) is 125 Å². The number of benzene rings is 3. The van der Waals surface area contributed by atoms with Crippen molar-refractivity contribution in [3.8, 4) is 0 Å². The number of unbranched alkanes of at least 4 members (excludes halogenated alkanes) is 1. The molecular formula is C59H74N15O8P. The number of carbonyl (C=O) groups is 8. The first-order chi connectivity index (χ1) is 39.9. The first kappa shape index (κ1) is 61.4. The number of nitrogens with zero attached hydrogens (tertiary/aromatic N) is 7. The molecule has 0 fully saturated rings. The summed E-state index contributed by atoms with van der Waals surface area (Å²) in [5, 5.41) is 25.8. The van der Waals surface area contributed by atoms with Crippen molar-refractivity contribution in [1.82, 2.24) is 54.4 Å². The first-order valence-corrected chi connectivity index (χ1v) is 29.6. The summed E-state index contributed by atoms with van der Waals surface area (Å²) in [6.07, 6.45) is 9.62. The van der Waals surface area contributed by atoms with Gasteiger partial charge in [-0.15, -0.1) is 0 Å². The number of anilines is 4. The van der Waals surface area contributed by atoms with E-state index in [1.165, 1.54) is 60.3 Å². The normalized spacial score (nSPS) is 11.4. The summed E-state index contributed by atoms with van der Waals surface area (Å²) in [6, 6.07) is 34.9. The summed E-state index contributed by atoms with van der Waals surface area (Å²) >= 11 is 0. The number of nitrogens with one attached hydrogen (secondary N) is 8. The van der Waals surface area contributed by atoms with Gasteiger partial charge in [-0.1, -0.05) is 0 Å². The van der Waals surface area contributed by atoms with E-state index in [0.717, 1.165) is 25.5 Å². The zero-order valence-corrected chi connectivity index (χ0v) is 48.7. The molecule has 0 atom stereocenters. The number of amides is 8. The van der Waals surface area contributed by atoms with Crippen LogP contribution in [0.25, 0.3) is 0 Å². The van der Waals surface area contributed by atoms with Gasteiger partial charge < -0.3 is 55.1 Å². The zero-order valence-electron chi connectivity index (χ0n) is 47.7. The maximum absolute atomic E-state index is 13.3. The van der Waals surface area contributed by atoms with Crippen molar-refractivity contribution < 1.29 is 38.4 Å². The van der Waals surface area contributed by atoms with Crippen LogP contribution in [0.3, 0.4) is 0 Å². The summed E-state index contributed by atoms with van der Waals surface area (Å²) in [4.78, 5) is 114. The van der Waals surface area contributed by atoms with Crippen LogP contribution in [-0.4, -0.2) is 133 Å². The number of carbonyl (C=O) groups excluding carboxylic acids is 8. The van der Waals surface area contributed by atoms with Gasteiger partial charge in [0, 0.05) is 79.3 Å². The van der Waals surface area contributed by atoms with Crippen LogP contribution < -0.4 is 58.4 Å². The molecule has 23 nitrogen and oxygen atoms in total. The topological polar surface area (TPSA) is 282 Å². The molecule has 0 aliphatic heterocycles. The van der Waals surface area contributed by atoms with Gasteiger partial charge in [0.05, 0.1) is 11.4 Å². The minimum absolute atomic E-state index is 0.00669. The molecule has 0 radical (unpaired) electrons. The number of aryl methyl sites for hydroxylation is 4. The standard InChI is InChI=1S/C59H74N15O8P/c1-70(2)33-18-29-60-51(76)26-31-62-56(79)46-35-41(37-71(46)3)64-59(82)55-69-49(40-74(55)6)67-53(78)28-32-63-57(80)47-36-42(38-72(47)4)65-58(81)54-68-48(39-73(54)5)66-52(77)27-30-61-50(75)25-16-17-34-83(43-19-10-7-11-20-43,44-21-12-8-13-22-44)45-23-14-9-15-24-45/h7-15,19-24,35-40,83H,16-18,25-34H2,1-6H3,(H,60,76)(H,61,75)(H,62,79)(H,63,80)(H,64,82)(H,65,81)(H,66,77)(H,67,78). The van der Waals surface area contributed by atoms with E-state index in [0.29, 0.717) is 30.8 Å².